The van der Waals surface area contributed by atoms with Gasteiger partial charge in [-0.25, -0.2) is 0 Å². The third kappa shape index (κ3) is 6.10. The summed E-state index contributed by atoms with van der Waals surface area (Å²) in [5.41, 5.74) is 12.2. The molecule has 4 heteroatoms. The van der Waals surface area contributed by atoms with Gasteiger partial charge in [-0.05, 0) is 127 Å². The summed E-state index contributed by atoms with van der Waals surface area (Å²) >= 11 is 0. The van der Waals surface area contributed by atoms with Crippen LogP contribution in [-0.2, 0) is 4.57 Å². The van der Waals surface area contributed by atoms with Crippen LogP contribution in [0.2, 0.25) is 0 Å². The van der Waals surface area contributed by atoms with Crippen molar-refractivity contribution in [1.82, 2.24) is 0 Å². The molecule has 0 aliphatic rings. The lowest BCUT2D eigenvalue weighted by atomic mass is 9.84. The quantitative estimate of drug-likeness (QED) is 0.129. The molecule has 0 fully saturated rings. The number of benzene rings is 8. The molecule has 0 saturated carbocycles. The summed E-state index contributed by atoms with van der Waals surface area (Å²) in [7, 11) is -2.45. The molecule has 246 valence electrons. The number of rotatable bonds is 6. The van der Waals surface area contributed by atoms with E-state index < -0.39 is 7.14 Å². The van der Waals surface area contributed by atoms with Crippen LogP contribution < -0.4 is 5.30 Å². The fourth-order valence-corrected chi connectivity index (χ4v) is 8.03. The van der Waals surface area contributed by atoms with E-state index in [0.29, 0.717) is 11.1 Å². The predicted octanol–water partition coefficient (Wildman–Crippen LogP) is 12.3. The number of nitrogens with zero attached hydrogens (tertiary/aromatic N) is 2. The van der Waals surface area contributed by atoms with Crippen LogP contribution in [0.4, 0.5) is 0 Å². The van der Waals surface area contributed by atoms with Crippen LogP contribution >= 0.6 is 7.14 Å². The summed E-state index contributed by atoms with van der Waals surface area (Å²) in [6.45, 7) is 3.63. The van der Waals surface area contributed by atoms with Gasteiger partial charge < -0.3 is 4.57 Å². The van der Waals surface area contributed by atoms with Crippen LogP contribution in [0.25, 0.3) is 77.2 Å². The normalized spacial score (nSPS) is 11.3. The van der Waals surface area contributed by atoms with Gasteiger partial charge in [0.15, 0.2) is 0 Å². The summed E-state index contributed by atoms with van der Waals surface area (Å²) in [5.74, 6) is 0. The lowest BCUT2D eigenvalue weighted by Gasteiger charge is -2.19. The zero-order chi connectivity index (χ0) is 35.8. The Morgan fingerprint density at radius 3 is 1.23 bits per heavy atom. The second-order valence-electron chi connectivity index (χ2n) is 13.5. The zero-order valence-corrected chi connectivity index (χ0v) is 29.7. The van der Waals surface area contributed by atoms with Crippen molar-refractivity contribution in [3.05, 3.63) is 175 Å². The van der Waals surface area contributed by atoms with Crippen molar-refractivity contribution in [2.24, 2.45) is 0 Å². The third-order valence-corrected chi connectivity index (χ3v) is 11.4. The lowest BCUT2D eigenvalue weighted by molar-refractivity contribution is 0.588. The monoisotopic (exact) mass is 684 g/mol. The maximum atomic E-state index is 13.1. The molecule has 0 amide bonds. The van der Waals surface area contributed by atoms with E-state index in [2.05, 4.69) is 115 Å². The Balaban J connectivity index is 1.34. The minimum Gasteiger partial charge on any atom is -0.319 e. The minimum atomic E-state index is -2.45. The molecule has 3 nitrogen and oxygen atoms in total. The highest BCUT2D eigenvalue weighted by Gasteiger charge is 2.19. The van der Waals surface area contributed by atoms with Crippen LogP contribution in [0.15, 0.2) is 164 Å². The number of nitriles is 2. The van der Waals surface area contributed by atoms with Gasteiger partial charge in [0.05, 0.1) is 23.3 Å². The Kier molecular flexibility index (Phi) is 8.37. The summed E-state index contributed by atoms with van der Waals surface area (Å²) < 4.78 is 13.1. The number of hydrogen-bond acceptors (Lipinski definition) is 3. The van der Waals surface area contributed by atoms with Gasteiger partial charge in [-0.2, -0.15) is 10.5 Å². The highest BCUT2D eigenvalue weighted by Crippen LogP contribution is 2.45. The predicted molar refractivity (Wildman–Crippen MR) is 217 cm³/mol. The third-order valence-electron chi connectivity index (χ3n) is 9.87. The average molecular weight is 685 g/mol. The maximum Gasteiger partial charge on any atom is 0.109 e. The van der Waals surface area contributed by atoms with Crippen molar-refractivity contribution >= 4 is 34.0 Å². The van der Waals surface area contributed by atoms with Gasteiger partial charge in [0.1, 0.15) is 7.14 Å². The van der Waals surface area contributed by atoms with Crippen LogP contribution in [0.5, 0.6) is 0 Å². The second kappa shape index (κ2) is 13.3. The fourth-order valence-electron chi connectivity index (χ4n) is 7.13. The minimum absolute atomic E-state index is 0.643. The molecule has 0 saturated heterocycles. The summed E-state index contributed by atoms with van der Waals surface area (Å²) in [4.78, 5) is 0. The van der Waals surface area contributed by atoms with E-state index in [1.54, 1.807) is 0 Å². The van der Waals surface area contributed by atoms with E-state index >= 15 is 0 Å². The van der Waals surface area contributed by atoms with E-state index in [1.165, 1.54) is 10.9 Å². The molecule has 52 heavy (non-hydrogen) atoms. The molecule has 0 unspecified atom stereocenters. The van der Waals surface area contributed by atoms with Gasteiger partial charge in [-0.3, -0.25) is 0 Å². The molecule has 8 aromatic rings. The second-order valence-corrected chi connectivity index (χ2v) is 16.7. The zero-order valence-electron chi connectivity index (χ0n) is 28.8. The van der Waals surface area contributed by atoms with Gasteiger partial charge in [0, 0.05) is 5.30 Å². The first-order valence-electron chi connectivity index (χ1n) is 17.2. The maximum absolute atomic E-state index is 13.1. The molecular weight excluding hydrogens is 652 g/mol. The summed E-state index contributed by atoms with van der Waals surface area (Å²) in [5, 5.41) is 24.0. The van der Waals surface area contributed by atoms with Crippen molar-refractivity contribution in [3.8, 4) is 67.8 Å². The molecule has 0 radical (unpaired) electrons. The molecule has 8 rings (SSSR count). The van der Waals surface area contributed by atoms with Crippen molar-refractivity contribution < 1.29 is 4.57 Å². The Hall–Kier alpha value is -6.51. The first-order valence-corrected chi connectivity index (χ1v) is 19.8. The summed E-state index contributed by atoms with van der Waals surface area (Å²) in [6.07, 6.45) is 0. The van der Waals surface area contributed by atoms with E-state index in [-0.39, 0.29) is 0 Å². The lowest BCUT2D eigenvalue weighted by Crippen LogP contribution is -2.02. The van der Waals surface area contributed by atoms with Crippen LogP contribution in [0.3, 0.4) is 0 Å². The van der Waals surface area contributed by atoms with E-state index in [9.17, 15) is 15.1 Å². The largest absolute Gasteiger partial charge is 0.319 e. The van der Waals surface area contributed by atoms with Gasteiger partial charge in [0.2, 0.25) is 0 Å². The SMILES string of the molecule is CP(C)(=O)c1cccc(-c2ccc3c(-c4ccc(-c5ccc(C#N)cc5)cc4)c4ccccc4c(-c4ccc(-c5ccc(C#N)cc5)cc4)c3c2)c1. The van der Waals surface area contributed by atoms with E-state index in [0.717, 1.165) is 71.5 Å². The van der Waals surface area contributed by atoms with Crippen molar-refractivity contribution in [2.45, 2.75) is 0 Å². The number of fused-ring (bicyclic) bond motifs is 2. The highest BCUT2D eigenvalue weighted by molar-refractivity contribution is 7.70. The molecule has 0 N–H and O–H groups in total. The van der Waals surface area contributed by atoms with Gasteiger partial charge >= 0.3 is 0 Å². The Morgan fingerprint density at radius 1 is 0.385 bits per heavy atom. The van der Waals surface area contributed by atoms with Gasteiger partial charge in [0.25, 0.3) is 0 Å². The molecule has 8 aromatic carbocycles. The number of hydrogen-bond donors (Lipinski definition) is 0. The van der Waals surface area contributed by atoms with Crippen LogP contribution in [0, 0.1) is 22.7 Å². The molecule has 0 aromatic heterocycles. The molecule has 0 spiro atoms. The average Bonchev–Trinajstić information content (AvgIpc) is 3.19. The first-order chi connectivity index (χ1) is 25.3. The molecule has 0 aliphatic carbocycles. The fraction of sp³-hybridized carbons (Fsp3) is 0.0417. The topological polar surface area (TPSA) is 64.7 Å². The van der Waals surface area contributed by atoms with Crippen LogP contribution in [-0.4, -0.2) is 13.3 Å². The van der Waals surface area contributed by atoms with Crippen LogP contribution in [0.1, 0.15) is 11.1 Å². The summed E-state index contributed by atoms with van der Waals surface area (Å²) in [6, 6.07) is 60.6. The smallest absolute Gasteiger partial charge is 0.109 e. The van der Waals surface area contributed by atoms with Crippen molar-refractivity contribution in [3.63, 3.8) is 0 Å². The molecule has 0 atom stereocenters. The highest BCUT2D eigenvalue weighted by atomic mass is 31.2. The Labute approximate surface area is 304 Å². The molecule has 0 bridgehead atoms. The van der Waals surface area contributed by atoms with Crippen molar-refractivity contribution in [2.75, 3.05) is 13.3 Å². The van der Waals surface area contributed by atoms with E-state index in [4.69, 9.17) is 0 Å². The molecular formula is C48H33N2OP. The molecule has 0 heterocycles. The van der Waals surface area contributed by atoms with E-state index in [1.807, 2.05) is 74.0 Å². The first kappa shape index (κ1) is 32.7. The Bertz CT molecular complexity index is 2760. The molecule has 0 aliphatic heterocycles. The Morgan fingerprint density at radius 2 is 0.769 bits per heavy atom. The standard InChI is InChI=1S/C48H33N2OP/c1-52(2,51)42-7-5-6-40(28-42)41-26-27-45-46(29-41)48(39-24-20-37(21-25-39)35-16-12-33(31-50)13-17-35)44-9-4-3-8-43(44)47(45)38-22-18-36(19-23-38)34-14-10-32(30-49)11-15-34/h3-29H,1-2H3. The van der Waals surface area contributed by atoms with Gasteiger partial charge in [-0.1, -0.05) is 127 Å². The van der Waals surface area contributed by atoms with Gasteiger partial charge in [-0.15, -0.1) is 0 Å². The van der Waals surface area contributed by atoms with Crippen molar-refractivity contribution in [1.29, 1.82) is 10.5 Å².